The molecule has 0 aliphatic carbocycles. The molecule has 20 heavy (non-hydrogen) atoms. The van der Waals surface area contributed by atoms with Gasteiger partial charge < -0.3 is 0 Å². The minimum Gasteiger partial charge on any atom is -0.299 e. The summed E-state index contributed by atoms with van der Waals surface area (Å²) in [5, 5.41) is 4.56. The Kier molecular flexibility index (Phi) is 4.18. The minimum atomic E-state index is -0.692. The quantitative estimate of drug-likeness (QED) is 0.869. The Morgan fingerprint density at radius 2 is 1.85 bits per heavy atom. The molecule has 0 unspecified atom stereocenters. The van der Waals surface area contributed by atoms with E-state index < -0.39 is 11.6 Å². The number of aryl methyl sites for hydroxylation is 2. The molecule has 1 aromatic heterocycles. The summed E-state index contributed by atoms with van der Waals surface area (Å²) < 4.78 is 27.6. The summed E-state index contributed by atoms with van der Waals surface area (Å²) in [7, 11) is 1.70. The number of rotatable bonds is 4. The molecule has 1 aromatic carbocycles. The first-order chi connectivity index (χ1) is 9.36. The van der Waals surface area contributed by atoms with E-state index >= 15 is 0 Å². The molecule has 0 saturated heterocycles. The Bertz CT molecular complexity index is 647. The van der Waals surface area contributed by atoms with E-state index in [1.54, 1.807) is 18.7 Å². The average Bonchev–Trinajstić information content (AvgIpc) is 2.54. The second kappa shape index (κ2) is 5.71. The fraction of sp³-hybridized carbons (Fsp3) is 0.286. The fourth-order valence-electron chi connectivity index (χ4n) is 2.06. The molecule has 0 saturated carbocycles. The van der Waals surface area contributed by atoms with Gasteiger partial charge in [0.15, 0.2) is 0 Å². The maximum Gasteiger partial charge on any atom is 0.143 e. The number of aromatic nitrogens is 2. The average molecular weight is 299 g/mol. The van der Waals surface area contributed by atoms with E-state index in [4.69, 9.17) is 11.6 Å². The standard InChI is InChI=1S/C14H13ClF2N2O/c1-8-14(15)13(19(2)18-8)7-12(20)5-9-3-10(16)6-11(17)4-9/h3-4,6H,5,7H2,1-2H3. The highest BCUT2D eigenvalue weighted by Crippen LogP contribution is 2.20. The molecule has 6 heteroatoms. The maximum absolute atomic E-state index is 13.1. The number of carbonyl (C=O) groups excluding carboxylic acids is 1. The second-order valence-corrected chi connectivity index (χ2v) is 5.02. The van der Waals surface area contributed by atoms with Gasteiger partial charge in [0, 0.05) is 19.5 Å². The molecule has 2 aromatic rings. The van der Waals surface area contributed by atoms with Crippen LogP contribution in [0.25, 0.3) is 0 Å². The molecule has 0 spiro atoms. The number of hydrogen-bond donors (Lipinski definition) is 0. The molecule has 3 nitrogen and oxygen atoms in total. The molecule has 0 N–H and O–H groups in total. The van der Waals surface area contributed by atoms with E-state index in [2.05, 4.69) is 5.10 Å². The van der Waals surface area contributed by atoms with Gasteiger partial charge in [-0.1, -0.05) is 11.6 Å². The van der Waals surface area contributed by atoms with Crippen molar-refractivity contribution in [2.75, 3.05) is 0 Å². The van der Waals surface area contributed by atoms with Gasteiger partial charge in [-0.25, -0.2) is 8.78 Å². The van der Waals surface area contributed by atoms with Gasteiger partial charge in [0.2, 0.25) is 0 Å². The van der Waals surface area contributed by atoms with Crippen molar-refractivity contribution in [1.82, 2.24) is 9.78 Å². The van der Waals surface area contributed by atoms with Crippen molar-refractivity contribution in [3.63, 3.8) is 0 Å². The SMILES string of the molecule is Cc1nn(C)c(CC(=O)Cc2cc(F)cc(F)c2)c1Cl. The second-order valence-electron chi connectivity index (χ2n) is 4.64. The molecule has 1 heterocycles. The minimum absolute atomic E-state index is 0.0464. The van der Waals surface area contributed by atoms with Crippen LogP contribution in [0.4, 0.5) is 8.78 Å². The summed E-state index contributed by atoms with van der Waals surface area (Å²) in [5.74, 6) is -1.57. The van der Waals surface area contributed by atoms with Gasteiger partial charge in [0.05, 0.1) is 22.8 Å². The lowest BCUT2D eigenvalue weighted by atomic mass is 10.1. The topological polar surface area (TPSA) is 34.9 Å². The van der Waals surface area contributed by atoms with Gasteiger partial charge >= 0.3 is 0 Å². The van der Waals surface area contributed by atoms with Crippen LogP contribution in [-0.4, -0.2) is 15.6 Å². The number of ketones is 1. The van der Waals surface area contributed by atoms with Crippen LogP contribution in [0.3, 0.4) is 0 Å². The summed E-state index contributed by atoms with van der Waals surface area (Å²) in [6.07, 6.45) is 0.0313. The Morgan fingerprint density at radius 1 is 1.25 bits per heavy atom. The predicted molar refractivity (Wildman–Crippen MR) is 71.7 cm³/mol. The lowest BCUT2D eigenvalue weighted by Crippen LogP contribution is -2.10. The monoisotopic (exact) mass is 298 g/mol. The van der Waals surface area contributed by atoms with E-state index in [9.17, 15) is 13.6 Å². The third-order valence-corrected chi connectivity index (χ3v) is 3.44. The van der Waals surface area contributed by atoms with Crippen molar-refractivity contribution < 1.29 is 13.6 Å². The van der Waals surface area contributed by atoms with Crippen LogP contribution in [0.5, 0.6) is 0 Å². The van der Waals surface area contributed by atoms with Crippen LogP contribution in [0.1, 0.15) is 17.0 Å². The van der Waals surface area contributed by atoms with Gasteiger partial charge in [0.25, 0.3) is 0 Å². The number of nitrogens with zero attached hydrogens (tertiary/aromatic N) is 2. The molecule has 2 rings (SSSR count). The summed E-state index contributed by atoms with van der Waals surface area (Å²) in [5.41, 5.74) is 1.56. The zero-order valence-corrected chi connectivity index (χ0v) is 11.8. The third kappa shape index (κ3) is 3.22. The molecule has 0 bridgehead atoms. The summed E-state index contributed by atoms with van der Waals surface area (Å²) >= 11 is 6.06. The Balaban J connectivity index is 2.13. The van der Waals surface area contributed by atoms with Gasteiger partial charge in [-0.3, -0.25) is 9.48 Å². The van der Waals surface area contributed by atoms with Crippen LogP contribution in [0, 0.1) is 18.6 Å². The molecule has 0 radical (unpaired) electrons. The summed E-state index contributed by atoms with van der Waals surface area (Å²) in [6, 6.07) is 3.07. The zero-order chi connectivity index (χ0) is 14.9. The molecule has 0 aliphatic heterocycles. The normalized spacial score (nSPS) is 10.8. The van der Waals surface area contributed by atoms with Crippen LogP contribution in [0.2, 0.25) is 5.02 Å². The number of benzene rings is 1. The molecule has 0 fully saturated rings. The Labute approximate surface area is 120 Å². The first kappa shape index (κ1) is 14.7. The van der Waals surface area contributed by atoms with Crippen molar-refractivity contribution in [1.29, 1.82) is 0 Å². The van der Waals surface area contributed by atoms with Crippen LogP contribution >= 0.6 is 11.6 Å². The highest BCUT2D eigenvalue weighted by molar-refractivity contribution is 6.32. The van der Waals surface area contributed by atoms with Gasteiger partial charge in [-0.05, 0) is 24.6 Å². The first-order valence-corrected chi connectivity index (χ1v) is 6.39. The molecule has 106 valence electrons. The molecule has 0 amide bonds. The highest BCUT2D eigenvalue weighted by Gasteiger charge is 2.15. The third-order valence-electron chi connectivity index (χ3n) is 2.95. The highest BCUT2D eigenvalue weighted by atomic mass is 35.5. The van der Waals surface area contributed by atoms with Gasteiger partial charge in [-0.2, -0.15) is 5.10 Å². The Hall–Kier alpha value is -1.75. The van der Waals surface area contributed by atoms with E-state index in [-0.39, 0.29) is 18.6 Å². The summed E-state index contributed by atoms with van der Waals surface area (Å²) in [6.45, 7) is 1.75. The smallest absolute Gasteiger partial charge is 0.143 e. The lowest BCUT2D eigenvalue weighted by Gasteiger charge is -2.04. The van der Waals surface area contributed by atoms with E-state index in [0.717, 1.165) is 18.2 Å². The van der Waals surface area contributed by atoms with Crippen molar-refractivity contribution in [2.45, 2.75) is 19.8 Å². The van der Waals surface area contributed by atoms with Gasteiger partial charge in [0.1, 0.15) is 17.4 Å². The van der Waals surface area contributed by atoms with E-state index in [1.165, 1.54) is 0 Å². The van der Waals surface area contributed by atoms with Gasteiger partial charge in [-0.15, -0.1) is 0 Å². The van der Waals surface area contributed by atoms with Crippen LogP contribution < -0.4 is 0 Å². The van der Waals surface area contributed by atoms with Crippen molar-refractivity contribution in [3.05, 3.63) is 51.8 Å². The molecule has 0 aliphatic rings. The largest absolute Gasteiger partial charge is 0.299 e. The first-order valence-electron chi connectivity index (χ1n) is 6.01. The number of Topliss-reactive ketones (excluding diaryl/α,β-unsaturated/α-hetero) is 1. The molecular formula is C14H13ClF2N2O. The van der Waals surface area contributed by atoms with Crippen molar-refractivity contribution in [2.24, 2.45) is 7.05 Å². The van der Waals surface area contributed by atoms with Crippen LogP contribution in [-0.2, 0) is 24.7 Å². The number of halogens is 3. The van der Waals surface area contributed by atoms with Crippen LogP contribution in [0.15, 0.2) is 18.2 Å². The lowest BCUT2D eigenvalue weighted by molar-refractivity contribution is -0.117. The predicted octanol–water partition coefficient (Wildman–Crippen LogP) is 3.01. The Morgan fingerprint density at radius 3 is 2.35 bits per heavy atom. The molecular weight excluding hydrogens is 286 g/mol. The summed E-state index contributed by atoms with van der Waals surface area (Å²) in [4.78, 5) is 12.0. The fourth-order valence-corrected chi connectivity index (χ4v) is 2.29. The molecule has 0 atom stereocenters. The number of hydrogen-bond acceptors (Lipinski definition) is 2. The number of carbonyl (C=O) groups is 1. The van der Waals surface area contributed by atoms with E-state index in [1.807, 2.05) is 0 Å². The van der Waals surface area contributed by atoms with Crippen molar-refractivity contribution in [3.8, 4) is 0 Å². The van der Waals surface area contributed by atoms with Crippen molar-refractivity contribution >= 4 is 17.4 Å². The van der Waals surface area contributed by atoms with E-state index in [0.29, 0.717) is 22.0 Å². The maximum atomic E-state index is 13.1. The zero-order valence-electron chi connectivity index (χ0n) is 11.1.